The molecule has 1 N–H and O–H groups in total. The average Bonchev–Trinajstić information content (AvgIpc) is 2.50. The first-order chi connectivity index (χ1) is 10.1. The summed E-state index contributed by atoms with van der Waals surface area (Å²) in [6.07, 6.45) is 1.81. The number of likely N-dealkylation sites (N-methyl/N-ethyl adjacent to an activating group) is 1. The lowest BCUT2D eigenvalue weighted by Gasteiger charge is -2.31. The molecule has 2 rings (SSSR count). The van der Waals surface area contributed by atoms with Crippen molar-refractivity contribution in [1.29, 1.82) is 0 Å². The molecule has 1 atom stereocenters. The Bertz CT molecular complexity index is 473. The maximum absolute atomic E-state index is 12.8. The van der Waals surface area contributed by atoms with E-state index in [0.29, 0.717) is 0 Å². The standard InChI is InChI=1S/C17H27N3O/c1-4-9-20(11-10-19(2)3)17(21)16-12-14-7-5-6-8-15(14)13-18-16/h5-8,16,18H,4,9-13H2,1-3H3/t16-/m0/s1. The van der Waals surface area contributed by atoms with Crippen molar-refractivity contribution >= 4 is 5.91 Å². The molecule has 1 aliphatic heterocycles. The number of nitrogens with zero attached hydrogens (tertiary/aromatic N) is 2. The molecule has 0 aliphatic carbocycles. The topological polar surface area (TPSA) is 35.6 Å². The summed E-state index contributed by atoms with van der Waals surface area (Å²) in [5.74, 6) is 0.244. The number of hydrogen-bond donors (Lipinski definition) is 1. The zero-order chi connectivity index (χ0) is 15.2. The average molecular weight is 289 g/mol. The molecule has 0 fully saturated rings. The van der Waals surface area contributed by atoms with Gasteiger partial charge in [-0.05, 0) is 38.1 Å². The highest BCUT2D eigenvalue weighted by Gasteiger charge is 2.27. The van der Waals surface area contributed by atoms with Crippen molar-refractivity contribution in [3.05, 3.63) is 35.4 Å². The Morgan fingerprint density at radius 3 is 2.57 bits per heavy atom. The van der Waals surface area contributed by atoms with E-state index in [9.17, 15) is 4.79 Å². The first-order valence-electron chi connectivity index (χ1n) is 7.85. The molecule has 1 aromatic rings. The van der Waals surface area contributed by atoms with E-state index in [1.807, 2.05) is 19.0 Å². The van der Waals surface area contributed by atoms with Crippen molar-refractivity contribution in [3.63, 3.8) is 0 Å². The molecule has 0 aromatic heterocycles. The van der Waals surface area contributed by atoms with Crippen molar-refractivity contribution in [3.8, 4) is 0 Å². The van der Waals surface area contributed by atoms with Crippen LogP contribution in [0.25, 0.3) is 0 Å². The molecule has 1 aromatic carbocycles. The van der Waals surface area contributed by atoms with Crippen LogP contribution in [0.4, 0.5) is 0 Å². The van der Waals surface area contributed by atoms with E-state index in [0.717, 1.165) is 39.0 Å². The fraction of sp³-hybridized carbons (Fsp3) is 0.588. The minimum atomic E-state index is -0.0754. The van der Waals surface area contributed by atoms with Gasteiger partial charge in [0.1, 0.15) is 0 Å². The number of rotatable bonds is 6. The number of amides is 1. The van der Waals surface area contributed by atoms with E-state index in [-0.39, 0.29) is 11.9 Å². The predicted octanol–water partition coefficient (Wildman–Crippen LogP) is 1.50. The van der Waals surface area contributed by atoms with Crippen LogP contribution in [0.3, 0.4) is 0 Å². The zero-order valence-corrected chi connectivity index (χ0v) is 13.4. The van der Waals surface area contributed by atoms with E-state index in [2.05, 4.69) is 41.4 Å². The summed E-state index contributed by atoms with van der Waals surface area (Å²) in [5, 5.41) is 3.40. The highest BCUT2D eigenvalue weighted by Crippen LogP contribution is 2.17. The molecule has 4 nitrogen and oxygen atoms in total. The largest absolute Gasteiger partial charge is 0.340 e. The van der Waals surface area contributed by atoms with Gasteiger partial charge in [0.2, 0.25) is 5.91 Å². The normalized spacial score (nSPS) is 17.6. The van der Waals surface area contributed by atoms with Crippen molar-refractivity contribution in [2.75, 3.05) is 33.7 Å². The van der Waals surface area contributed by atoms with Crippen LogP contribution in [-0.2, 0) is 17.8 Å². The Balaban J connectivity index is 2.01. The van der Waals surface area contributed by atoms with E-state index in [1.54, 1.807) is 0 Å². The van der Waals surface area contributed by atoms with Gasteiger partial charge >= 0.3 is 0 Å². The molecule has 1 heterocycles. The fourth-order valence-electron chi connectivity index (χ4n) is 2.77. The third kappa shape index (κ3) is 4.29. The summed E-state index contributed by atoms with van der Waals surface area (Å²) >= 11 is 0. The predicted molar refractivity (Wildman–Crippen MR) is 86.2 cm³/mol. The summed E-state index contributed by atoms with van der Waals surface area (Å²) in [4.78, 5) is 16.9. The van der Waals surface area contributed by atoms with E-state index in [4.69, 9.17) is 0 Å². The van der Waals surface area contributed by atoms with Crippen LogP contribution >= 0.6 is 0 Å². The Kier molecular flexibility index (Phi) is 5.76. The lowest BCUT2D eigenvalue weighted by Crippen LogP contribution is -2.50. The van der Waals surface area contributed by atoms with E-state index < -0.39 is 0 Å². The van der Waals surface area contributed by atoms with E-state index in [1.165, 1.54) is 11.1 Å². The van der Waals surface area contributed by atoms with Crippen molar-refractivity contribution in [2.45, 2.75) is 32.4 Å². The van der Waals surface area contributed by atoms with Crippen molar-refractivity contribution in [1.82, 2.24) is 15.1 Å². The molecule has 1 aliphatic rings. The molecule has 116 valence electrons. The number of carbonyl (C=O) groups excluding carboxylic acids is 1. The first kappa shape index (κ1) is 16.0. The van der Waals surface area contributed by atoms with Crippen molar-refractivity contribution in [2.24, 2.45) is 0 Å². The summed E-state index contributed by atoms with van der Waals surface area (Å²) in [7, 11) is 4.09. The first-order valence-corrected chi connectivity index (χ1v) is 7.85. The minimum Gasteiger partial charge on any atom is -0.340 e. The van der Waals surface area contributed by atoms with Crippen molar-refractivity contribution < 1.29 is 4.79 Å². The van der Waals surface area contributed by atoms with Crippen LogP contribution in [0.15, 0.2) is 24.3 Å². The number of benzene rings is 1. The number of hydrogen-bond acceptors (Lipinski definition) is 3. The molecule has 0 spiro atoms. The Morgan fingerprint density at radius 1 is 1.19 bits per heavy atom. The fourth-order valence-corrected chi connectivity index (χ4v) is 2.77. The maximum Gasteiger partial charge on any atom is 0.240 e. The van der Waals surface area contributed by atoms with Crippen LogP contribution in [0.1, 0.15) is 24.5 Å². The molecular formula is C17H27N3O. The molecule has 0 unspecified atom stereocenters. The minimum absolute atomic E-state index is 0.0754. The second-order valence-corrected chi connectivity index (χ2v) is 6.03. The van der Waals surface area contributed by atoms with Gasteiger partial charge in [0.15, 0.2) is 0 Å². The van der Waals surface area contributed by atoms with Gasteiger partial charge in [-0.2, -0.15) is 0 Å². The lowest BCUT2D eigenvalue weighted by atomic mass is 9.95. The molecule has 0 saturated heterocycles. The van der Waals surface area contributed by atoms with E-state index >= 15 is 0 Å². The van der Waals surface area contributed by atoms with Gasteiger partial charge in [-0.15, -0.1) is 0 Å². The zero-order valence-electron chi connectivity index (χ0n) is 13.4. The van der Waals surface area contributed by atoms with Gasteiger partial charge < -0.3 is 15.1 Å². The van der Waals surface area contributed by atoms with Gasteiger partial charge in [-0.1, -0.05) is 31.2 Å². The smallest absolute Gasteiger partial charge is 0.240 e. The van der Waals surface area contributed by atoms with Gasteiger partial charge in [0.05, 0.1) is 6.04 Å². The van der Waals surface area contributed by atoms with Crippen LogP contribution in [0, 0.1) is 0 Å². The molecule has 21 heavy (non-hydrogen) atoms. The Morgan fingerprint density at radius 2 is 1.90 bits per heavy atom. The molecule has 4 heteroatoms. The Labute approximate surface area is 128 Å². The number of carbonyl (C=O) groups is 1. The summed E-state index contributed by atoms with van der Waals surface area (Å²) in [6, 6.07) is 8.32. The van der Waals surface area contributed by atoms with Crippen LogP contribution in [0.2, 0.25) is 0 Å². The molecule has 0 bridgehead atoms. The van der Waals surface area contributed by atoms with Gasteiger partial charge in [-0.3, -0.25) is 4.79 Å². The van der Waals surface area contributed by atoms with Crippen LogP contribution < -0.4 is 5.32 Å². The molecule has 0 saturated carbocycles. The maximum atomic E-state index is 12.8. The number of fused-ring (bicyclic) bond motifs is 1. The summed E-state index contributed by atoms with van der Waals surface area (Å²) < 4.78 is 0. The highest BCUT2D eigenvalue weighted by atomic mass is 16.2. The lowest BCUT2D eigenvalue weighted by molar-refractivity contribution is -0.133. The third-order valence-corrected chi connectivity index (χ3v) is 4.00. The Hall–Kier alpha value is -1.39. The summed E-state index contributed by atoms with van der Waals surface area (Å²) in [6.45, 7) is 5.47. The SMILES string of the molecule is CCCN(CCN(C)C)C(=O)[C@@H]1Cc2ccccc2CN1. The highest BCUT2D eigenvalue weighted by molar-refractivity contribution is 5.82. The summed E-state index contributed by atoms with van der Waals surface area (Å²) in [5.41, 5.74) is 2.62. The molecular weight excluding hydrogens is 262 g/mol. The molecule has 1 amide bonds. The molecule has 0 radical (unpaired) electrons. The van der Waals surface area contributed by atoms with Gasteiger partial charge in [-0.25, -0.2) is 0 Å². The monoisotopic (exact) mass is 289 g/mol. The van der Waals surface area contributed by atoms with Crippen LogP contribution in [0.5, 0.6) is 0 Å². The quantitative estimate of drug-likeness (QED) is 0.862. The van der Waals surface area contributed by atoms with Gasteiger partial charge in [0, 0.05) is 26.2 Å². The van der Waals surface area contributed by atoms with Crippen LogP contribution in [-0.4, -0.2) is 55.5 Å². The van der Waals surface area contributed by atoms with Gasteiger partial charge in [0.25, 0.3) is 0 Å². The third-order valence-electron chi connectivity index (χ3n) is 4.00. The number of nitrogens with one attached hydrogen (secondary N) is 1. The second-order valence-electron chi connectivity index (χ2n) is 6.03. The second kappa shape index (κ2) is 7.57.